The summed E-state index contributed by atoms with van der Waals surface area (Å²) in [5, 5.41) is 20.4. The van der Waals surface area contributed by atoms with Crippen LogP contribution in [0.2, 0.25) is 0 Å². The molecule has 0 spiro atoms. The van der Waals surface area contributed by atoms with Crippen LogP contribution in [0.15, 0.2) is 24.3 Å². The zero-order valence-electron chi connectivity index (χ0n) is 10.9. The van der Waals surface area contributed by atoms with Crippen LogP contribution in [-0.2, 0) is 4.79 Å². The van der Waals surface area contributed by atoms with Gasteiger partial charge in [-0.25, -0.2) is 4.79 Å². The van der Waals surface area contributed by atoms with Gasteiger partial charge in [-0.15, -0.1) is 0 Å². The topological polar surface area (TPSA) is 90.2 Å². The number of hydrogen-bond acceptors (Lipinski definition) is 3. The summed E-state index contributed by atoms with van der Waals surface area (Å²) in [7, 11) is 0. The second-order valence-corrected chi connectivity index (χ2v) is 4.37. The zero-order valence-corrected chi connectivity index (χ0v) is 10.9. The van der Waals surface area contributed by atoms with E-state index in [1.807, 2.05) is 13.0 Å². The van der Waals surface area contributed by atoms with Gasteiger partial charge in [0.25, 0.3) is 5.91 Å². The van der Waals surface area contributed by atoms with Crippen molar-refractivity contribution in [2.24, 2.45) is 5.92 Å². The molecule has 19 heavy (non-hydrogen) atoms. The van der Waals surface area contributed by atoms with Gasteiger partial charge >= 0.3 is 5.97 Å². The fraction of sp³-hybridized carbons (Fsp3) is 0.357. The van der Waals surface area contributed by atoms with Gasteiger partial charge in [-0.2, -0.15) is 5.26 Å². The molecule has 0 aliphatic carbocycles. The molecule has 1 amide bonds. The van der Waals surface area contributed by atoms with Crippen LogP contribution in [0.25, 0.3) is 0 Å². The Hall–Kier alpha value is -2.35. The number of carbonyl (C=O) groups excluding carboxylic acids is 1. The lowest BCUT2D eigenvalue weighted by Crippen LogP contribution is -2.45. The molecule has 0 aliphatic heterocycles. The molecule has 0 fully saturated rings. The Balaban J connectivity index is 2.88. The van der Waals surface area contributed by atoms with Gasteiger partial charge in [-0.05, 0) is 24.1 Å². The Bertz CT molecular complexity index is 520. The second kappa shape index (κ2) is 6.55. The van der Waals surface area contributed by atoms with E-state index in [0.717, 1.165) is 0 Å². The summed E-state index contributed by atoms with van der Waals surface area (Å²) in [5.41, 5.74) is 0.650. The van der Waals surface area contributed by atoms with Gasteiger partial charge in [0.15, 0.2) is 0 Å². The minimum Gasteiger partial charge on any atom is -0.480 e. The molecule has 1 rings (SSSR count). The number of nitrogens with one attached hydrogen (secondary N) is 1. The molecule has 0 aliphatic rings. The summed E-state index contributed by atoms with van der Waals surface area (Å²) in [6, 6.07) is 7.16. The van der Waals surface area contributed by atoms with Gasteiger partial charge in [0.2, 0.25) is 0 Å². The molecule has 0 saturated carbocycles. The first-order chi connectivity index (χ1) is 8.99. The van der Waals surface area contributed by atoms with Crippen LogP contribution in [0, 0.1) is 17.2 Å². The Morgan fingerprint density at radius 2 is 2.16 bits per heavy atom. The van der Waals surface area contributed by atoms with Crippen LogP contribution < -0.4 is 5.32 Å². The molecular weight excluding hydrogens is 244 g/mol. The molecule has 5 nitrogen and oxygen atoms in total. The molecule has 0 heterocycles. The van der Waals surface area contributed by atoms with Crippen molar-refractivity contribution in [3.05, 3.63) is 35.4 Å². The van der Waals surface area contributed by atoms with Gasteiger partial charge in [-0.1, -0.05) is 26.3 Å². The highest BCUT2D eigenvalue weighted by molar-refractivity contribution is 5.96. The summed E-state index contributed by atoms with van der Waals surface area (Å²) in [6.45, 7) is 3.63. The highest BCUT2D eigenvalue weighted by atomic mass is 16.4. The Labute approximate surface area is 111 Å². The maximum Gasteiger partial charge on any atom is 0.326 e. The first kappa shape index (κ1) is 14.7. The van der Waals surface area contributed by atoms with E-state index in [9.17, 15) is 9.59 Å². The van der Waals surface area contributed by atoms with Crippen molar-refractivity contribution in [1.82, 2.24) is 5.32 Å². The molecular formula is C14H16N2O3. The number of carboxylic acids is 1. The van der Waals surface area contributed by atoms with Crippen molar-refractivity contribution in [2.75, 3.05) is 0 Å². The zero-order chi connectivity index (χ0) is 14.4. The molecule has 1 aromatic rings. The maximum absolute atomic E-state index is 12.0. The standard InChI is InChI=1S/C14H16N2O3/c1-3-9(2)12(14(18)19)16-13(17)11-6-4-5-10(7-11)8-15/h4-7,9,12H,3H2,1-2H3,(H,16,17)(H,18,19)/t9-,12-/m0/s1. The van der Waals surface area contributed by atoms with Crippen molar-refractivity contribution in [1.29, 1.82) is 5.26 Å². The number of aliphatic carboxylic acids is 1. The van der Waals surface area contributed by atoms with Gasteiger partial charge in [0.05, 0.1) is 11.6 Å². The van der Waals surface area contributed by atoms with Gasteiger partial charge < -0.3 is 10.4 Å². The van der Waals surface area contributed by atoms with E-state index in [-0.39, 0.29) is 11.5 Å². The third kappa shape index (κ3) is 3.81. The Kier molecular flexibility index (Phi) is 5.07. The lowest BCUT2D eigenvalue weighted by atomic mass is 9.99. The van der Waals surface area contributed by atoms with E-state index in [4.69, 9.17) is 10.4 Å². The highest BCUT2D eigenvalue weighted by Crippen LogP contribution is 2.10. The fourth-order valence-corrected chi connectivity index (χ4v) is 1.64. The number of nitrogens with zero attached hydrogens (tertiary/aromatic N) is 1. The number of carbonyl (C=O) groups is 2. The maximum atomic E-state index is 12.0. The number of nitriles is 1. The summed E-state index contributed by atoms with van der Waals surface area (Å²) in [6.07, 6.45) is 0.648. The third-order valence-electron chi connectivity index (χ3n) is 3.02. The summed E-state index contributed by atoms with van der Waals surface area (Å²) >= 11 is 0. The van der Waals surface area contributed by atoms with E-state index in [1.165, 1.54) is 6.07 Å². The van der Waals surface area contributed by atoms with Crippen molar-refractivity contribution >= 4 is 11.9 Å². The van der Waals surface area contributed by atoms with E-state index >= 15 is 0 Å². The van der Waals surface area contributed by atoms with E-state index in [2.05, 4.69) is 5.32 Å². The predicted molar refractivity (Wildman–Crippen MR) is 69.5 cm³/mol. The predicted octanol–water partition coefficient (Wildman–Crippen LogP) is 1.79. The Morgan fingerprint density at radius 1 is 1.47 bits per heavy atom. The molecule has 0 unspecified atom stereocenters. The highest BCUT2D eigenvalue weighted by Gasteiger charge is 2.25. The molecule has 5 heteroatoms. The average Bonchev–Trinajstić information content (AvgIpc) is 2.43. The largest absolute Gasteiger partial charge is 0.480 e. The lowest BCUT2D eigenvalue weighted by molar-refractivity contribution is -0.140. The third-order valence-corrected chi connectivity index (χ3v) is 3.02. The molecule has 0 aromatic heterocycles. The number of carboxylic acid groups (broad SMARTS) is 1. The van der Waals surface area contributed by atoms with Crippen LogP contribution in [0.4, 0.5) is 0 Å². The van der Waals surface area contributed by atoms with E-state index < -0.39 is 17.9 Å². The second-order valence-electron chi connectivity index (χ2n) is 4.37. The van der Waals surface area contributed by atoms with Gasteiger partial charge in [0, 0.05) is 5.56 Å². The number of hydrogen-bond donors (Lipinski definition) is 2. The van der Waals surface area contributed by atoms with Crippen LogP contribution in [0.1, 0.15) is 36.2 Å². The van der Waals surface area contributed by atoms with Crippen LogP contribution >= 0.6 is 0 Å². The normalized spacial score (nSPS) is 13.1. The Morgan fingerprint density at radius 3 is 2.68 bits per heavy atom. The first-order valence-electron chi connectivity index (χ1n) is 6.03. The van der Waals surface area contributed by atoms with Crippen LogP contribution in [-0.4, -0.2) is 23.0 Å². The number of amides is 1. The molecule has 0 bridgehead atoms. The van der Waals surface area contributed by atoms with Gasteiger partial charge in [-0.3, -0.25) is 4.79 Å². The minimum absolute atomic E-state index is 0.166. The van der Waals surface area contributed by atoms with Crippen LogP contribution in [0.5, 0.6) is 0 Å². The molecule has 2 atom stereocenters. The van der Waals surface area contributed by atoms with Crippen molar-refractivity contribution in [3.8, 4) is 6.07 Å². The first-order valence-corrected chi connectivity index (χ1v) is 6.03. The molecule has 0 saturated heterocycles. The van der Waals surface area contributed by atoms with Crippen LogP contribution in [0.3, 0.4) is 0 Å². The molecule has 2 N–H and O–H groups in total. The number of rotatable bonds is 5. The van der Waals surface area contributed by atoms with Gasteiger partial charge in [0.1, 0.15) is 6.04 Å². The SMILES string of the molecule is CC[C@H](C)[C@H](NC(=O)c1cccc(C#N)c1)C(=O)O. The summed E-state index contributed by atoms with van der Waals surface area (Å²) in [4.78, 5) is 23.1. The van der Waals surface area contributed by atoms with Crippen molar-refractivity contribution < 1.29 is 14.7 Å². The summed E-state index contributed by atoms with van der Waals surface area (Å²) < 4.78 is 0. The number of benzene rings is 1. The molecule has 1 aromatic carbocycles. The van der Waals surface area contributed by atoms with Crippen molar-refractivity contribution in [2.45, 2.75) is 26.3 Å². The van der Waals surface area contributed by atoms with Crippen molar-refractivity contribution in [3.63, 3.8) is 0 Å². The van der Waals surface area contributed by atoms with E-state index in [0.29, 0.717) is 12.0 Å². The van der Waals surface area contributed by atoms with E-state index in [1.54, 1.807) is 25.1 Å². The smallest absolute Gasteiger partial charge is 0.326 e. The monoisotopic (exact) mass is 260 g/mol. The minimum atomic E-state index is -1.06. The summed E-state index contributed by atoms with van der Waals surface area (Å²) in [5.74, 6) is -1.70. The lowest BCUT2D eigenvalue weighted by Gasteiger charge is -2.20. The molecule has 0 radical (unpaired) electrons. The molecule has 100 valence electrons. The quantitative estimate of drug-likeness (QED) is 0.844. The average molecular weight is 260 g/mol. The fourth-order valence-electron chi connectivity index (χ4n) is 1.64.